The monoisotopic (exact) mass is 533 g/mol. The van der Waals surface area contributed by atoms with E-state index in [2.05, 4.69) is 5.32 Å². The third-order valence-corrected chi connectivity index (χ3v) is 7.10. The van der Waals surface area contributed by atoms with E-state index in [0.29, 0.717) is 34.5 Å². The molecule has 6 nitrogen and oxygen atoms in total. The number of carbonyl (C=O) groups excluding carboxylic acids is 2. The molecule has 2 aromatic carbocycles. The highest BCUT2D eigenvalue weighted by Gasteiger charge is 2.42. The number of esters is 1. The maximum Gasteiger partial charge on any atom is 0.513 e. The predicted molar refractivity (Wildman–Crippen MR) is 131 cm³/mol. The Morgan fingerprint density at radius 3 is 2.73 bits per heavy atom. The molecule has 0 amide bonds. The Morgan fingerprint density at radius 2 is 1.97 bits per heavy atom. The van der Waals surface area contributed by atoms with Gasteiger partial charge in [0.05, 0.1) is 35.1 Å². The summed E-state index contributed by atoms with van der Waals surface area (Å²) in [4.78, 5) is 25.9. The Labute approximate surface area is 216 Å². The zero-order valence-electron chi connectivity index (χ0n) is 20.3. The van der Waals surface area contributed by atoms with Crippen LogP contribution in [0.3, 0.4) is 0 Å². The van der Waals surface area contributed by atoms with Crippen LogP contribution in [0, 0.1) is 0 Å². The Kier molecular flexibility index (Phi) is 8.16. The molecule has 0 aliphatic carbocycles. The van der Waals surface area contributed by atoms with E-state index in [4.69, 9.17) is 14.2 Å². The average Bonchev–Trinajstić information content (AvgIpc) is 3.23. The number of benzene rings is 2. The smallest absolute Gasteiger partial charge is 0.456 e. The first-order valence-corrected chi connectivity index (χ1v) is 12.8. The summed E-state index contributed by atoms with van der Waals surface area (Å²) < 4.78 is 55.6. The topological polar surface area (TPSA) is 73.9 Å². The van der Waals surface area contributed by atoms with E-state index in [1.807, 2.05) is 13.0 Å². The molecule has 2 aliphatic heterocycles. The lowest BCUT2D eigenvalue weighted by Gasteiger charge is -2.28. The van der Waals surface area contributed by atoms with Gasteiger partial charge >= 0.3 is 18.3 Å². The lowest BCUT2D eigenvalue weighted by molar-refractivity contribution is -0.138. The minimum atomic E-state index is -4.43. The first-order chi connectivity index (χ1) is 17.7. The van der Waals surface area contributed by atoms with Crippen molar-refractivity contribution in [2.24, 2.45) is 0 Å². The van der Waals surface area contributed by atoms with Crippen molar-refractivity contribution in [2.75, 3.05) is 13.2 Å². The number of thioether (sulfide) groups is 1. The minimum absolute atomic E-state index is 0.0653. The van der Waals surface area contributed by atoms with Crippen LogP contribution in [0.1, 0.15) is 49.3 Å². The number of ether oxygens (including phenoxy) is 3. The summed E-state index contributed by atoms with van der Waals surface area (Å²) in [5, 5.41) is 3.10. The van der Waals surface area contributed by atoms with Gasteiger partial charge in [-0.15, -0.1) is 11.8 Å². The lowest BCUT2D eigenvalue weighted by atomic mass is 9.85. The van der Waals surface area contributed by atoms with Crippen LogP contribution in [-0.4, -0.2) is 25.3 Å². The van der Waals surface area contributed by atoms with Gasteiger partial charge < -0.3 is 19.5 Å². The molecule has 2 heterocycles. The fraction of sp³-hybridized carbons (Fsp3) is 0.333. The lowest BCUT2D eigenvalue weighted by Crippen LogP contribution is -2.28. The molecule has 0 saturated heterocycles. The van der Waals surface area contributed by atoms with Gasteiger partial charge in [0, 0.05) is 10.6 Å². The maximum atomic E-state index is 13.2. The Morgan fingerprint density at radius 1 is 1.19 bits per heavy atom. The summed E-state index contributed by atoms with van der Waals surface area (Å²) in [7, 11) is 0. The summed E-state index contributed by atoms with van der Waals surface area (Å²) >= 11 is 1.33. The molecule has 10 heteroatoms. The molecule has 37 heavy (non-hydrogen) atoms. The number of cyclic esters (lactones) is 1. The van der Waals surface area contributed by atoms with Crippen molar-refractivity contribution in [1.82, 2.24) is 5.32 Å². The standard InChI is InChI=1S/C27H26F3NO5S/c1-3-4-12-34-26(33)36-24-16(2)31-20-14-35-25(32)23(20)22(24)19-10-5-6-11-21(19)37-15-17-8-7-9-18(13-17)27(28,29)30/h5-11,13,22,31H,3-4,12,14-15H2,1-2H3. The number of hydrogen-bond donors (Lipinski definition) is 1. The molecule has 0 fully saturated rings. The average molecular weight is 534 g/mol. The number of alkyl halides is 3. The Bertz CT molecular complexity index is 1250. The third kappa shape index (κ3) is 6.12. The molecule has 0 saturated carbocycles. The molecule has 0 aromatic heterocycles. The number of hydrogen-bond acceptors (Lipinski definition) is 7. The minimum Gasteiger partial charge on any atom is -0.456 e. The number of rotatable bonds is 8. The summed E-state index contributed by atoms with van der Waals surface area (Å²) in [6, 6.07) is 12.4. The molecule has 1 unspecified atom stereocenters. The van der Waals surface area contributed by atoms with Crippen molar-refractivity contribution in [3.05, 3.63) is 87.9 Å². The van der Waals surface area contributed by atoms with Crippen LogP contribution in [0.15, 0.2) is 76.2 Å². The number of halogens is 3. The summed E-state index contributed by atoms with van der Waals surface area (Å²) in [6.45, 7) is 3.97. The molecule has 0 radical (unpaired) electrons. The molecule has 1 N–H and O–H groups in total. The number of nitrogens with one attached hydrogen (secondary N) is 1. The summed E-state index contributed by atoms with van der Waals surface area (Å²) in [6.07, 6.45) is -3.78. The highest BCUT2D eigenvalue weighted by atomic mass is 32.2. The summed E-state index contributed by atoms with van der Waals surface area (Å²) in [5.41, 5.74) is 1.90. The van der Waals surface area contributed by atoms with Gasteiger partial charge in [0.2, 0.25) is 0 Å². The van der Waals surface area contributed by atoms with Gasteiger partial charge in [-0.05, 0) is 36.6 Å². The van der Waals surface area contributed by atoms with Crippen LogP contribution in [0.2, 0.25) is 0 Å². The largest absolute Gasteiger partial charge is 0.513 e. The van der Waals surface area contributed by atoms with Gasteiger partial charge in [0.1, 0.15) is 12.4 Å². The van der Waals surface area contributed by atoms with Crippen LogP contribution in [0.4, 0.5) is 18.0 Å². The molecule has 2 aromatic rings. The molecule has 196 valence electrons. The second-order valence-corrected chi connectivity index (χ2v) is 9.61. The molecule has 1 atom stereocenters. The van der Waals surface area contributed by atoms with Crippen molar-refractivity contribution in [1.29, 1.82) is 0 Å². The molecule has 0 spiro atoms. The maximum absolute atomic E-state index is 13.2. The zero-order chi connectivity index (χ0) is 26.6. The van der Waals surface area contributed by atoms with E-state index in [1.54, 1.807) is 31.2 Å². The van der Waals surface area contributed by atoms with Crippen molar-refractivity contribution < 1.29 is 37.0 Å². The number of dihydropyridines is 1. The van der Waals surface area contributed by atoms with Crippen LogP contribution in [0.25, 0.3) is 0 Å². The second-order valence-electron chi connectivity index (χ2n) is 8.59. The SMILES string of the molecule is CCCCOC(=O)OC1=C(C)NC2=C(C(=O)OC2)C1c1ccccc1SCc1cccc(C(F)(F)F)c1. The van der Waals surface area contributed by atoms with Gasteiger partial charge in [-0.25, -0.2) is 9.59 Å². The van der Waals surface area contributed by atoms with Gasteiger partial charge in [0.25, 0.3) is 0 Å². The first-order valence-electron chi connectivity index (χ1n) is 11.8. The molecule has 0 bridgehead atoms. The highest BCUT2D eigenvalue weighted by Crippen LogP contribution is 2.45. The fourth-order valence-electron chi connectivity index (χ4n) is 4.15. The Hall–Kier alpha value is -3.40. The predicted octanol–water partition coefficient (Wildman–Crippen LogP) is 6.68. The van der Waals surface area contributed by atoms with Crippen molar-refractivity contribution >= 4 is 23.9 Å². The van der Waals surface area contributed by atoms with E-state index in [0.717, 1.165) is 23.4 Å². The van der Waals surface area contributed by atoms with E-state index in [1.165, 1.54) is 17.8 Å². The van der Waals surface area contributed by atoms with Crippen LogP contribution >= 0.6 is 11.8 Å². The van der Waals surface area contributed by atoms with Crippen LogP contribution < -0.4 is 5.32 Å². The van der Waals surface area contributed by atoms with Crippen molar-refractivity contribution in [3.63, 3.8) is 0 Å². The fourth-order valence-corrected chi connectivity index (χ4v) is 5.18. The van der Waals surface area contributed by atoms with Gasteiger partial charge in [-0.2, -0.15) is 13.2 Å². The zero-order valence-corrected chi connectivity index (χ0v) is 21.1. The van der Waals surface area contributed by atoms with Crippen molar-refractivity contribution in [3.8, 4) is 0 Å². The highest BCUT2D eigenvalue weighted by molar-refractivity contribution is 7.98. The first kappa shape index (κ1) is 26.7. The van der Waals surface area contributed by atoms with Crippen LogP contribution in [-0.2, 0) is 30.9 Å². The summed E-state index contributed by atoms with van der Waals surface area (Å²) in [5.74, 6) is -0.806. The molecular weight excluding hydrogens is 507 g/mol. The molecular formula is C27H26F3NO5S. The number of carbonyl (C=O) groups is 2. The van der Waals surface area contributed by atoms with Gasteiger partial charge in [-0.3, -0.25) is 0 Å². The van der Waals surface area contributed by atoms with E-state index >= 15 is 0 Å². The van der Waals surface area contributed by atoms with Crippen LogP contribution in [0.5, 0.6) is 0 Å². The van der Waals surface area contributed by atoms with E-state index in [-0.39, 0.29) is 24.7 Å². The molecule has 2 aliphatic rings. The second kappa shape index (κ2) is 11.3. The normalized spacial score (nSPS) is 17.3. The van der Waals surface area contributed by atoms with Crippen molar-refractivity contribution in [2.45, 2.75) is 49.4 Å². The Balaban J connectivity index is 1.65. The molecule has 4 rings (SSSR count). The third-order valence-electron chi connectivity index (χ3n) is 5.94. The van der Waals surface area contributed by atoms with Gasteiger partial charge in [0.15, 0.2) is 0 Å². The van der Waals surface area contributed by atoms with E-state index < -0.39 is 29.8 Å². The van der Waals surface area contributed by atoms with E-state index in [9.17, 15) is 22.8 Å². The number of unbranched alkanes of at least 4 members (excludes halogenated alkanes) is 1. The quantitative estimate of drug-likeness (QED) is 0.231. The number of allylic oxidation sites excluding steroid dienone is 2. The van der Waals surface area contributed by atoms with Gasteiger partial charge in [-0.1, -0.05) is 49.7 Å².